The molecule has 2 rings (SSSR count). The molecule has 0 atom stereocenters. The number of carboxylic acids is 1. The number of benzene rings is 1. The third kappa shape index (κ3) is 7.22. The SMILES string of the molecule is CC(C)(C)[Si](C)(C)OCc1ccc(/C(=C/CCCCC(=O)[O-])c2cccnc2)cc1. The molecule has 4 nitrogen and oxygen atoms in total. The highest BCUT2D eigenvalue weighted by molar-refractivity contribution is 6.74. The topological polar surface area (TPSA) is 62.2 Å². The summed E-state index contributed by atoms with van der Waals surface area (Å²) >= 11 is 0. The predicted octanol–water partition coefficient (Wildman–Crippen LogP) is 5.35. The first-order chi connectivity index (χ1) is 14.1. The van der Waals surface area contributed by atoms with Crippen molar-refractivity contribution in [2.45, 2.75) is 71.2 Å². The Morgan fingerprint density at radius 2 is 1.80 bits per heavy atom. The Kier molecular flexibility index (Phi) is 8.56. The summed E-state index contributed by atoms with van der Waals surface area (Å²) in [5.74, 6) is -0.984. The maximum absolute atomic E-state index is 10.6. The van der Waals surface area contributed by atoms with E-state index in [1.54, 1.807) is 6.20 Å². The Morgan fingerprint density at radius 3 is 2.37 bits per heavy atom. The van der Waals surface area contributed by atoms with Crippen LogP contribution in [-0.2, 0) is 15.8 Å². The number of unbranched alkanes of at least 4 members (excludes halogenated alkanes) is 2. The molecule has 0 unspecified atom stereocenters. The summed E-state index contributed by atoms with van der Waals surface area (Å²) in [7, 11) is -1.78. The second-order valence-electron chi connectivity index (χ2n) is 9.22. The third-order valence-electron chi connectivity index (χ3n) is 5.83. The smallest absolute Gasteiger partial charge is 0.192 e. The molecule has 30 heavy (non-hydrogen) atoms. The summed E-state index contributed by atoms with van der Waals surface area (Å²) in [6.07, 6.45) is 8.17. The fourth-order valence-electron chi connectivity index (χ4n) is 2.85. The van der Waals surface area contributed by atoms with E-state index in [9.17, 15) is 9.90 Å². The number of nitrogens with zero attached hydrogens (tertiary/aromatic N) is 1. The van der Waals surface area contributed by atoms with Crippen LogP contribution >= 0.6 is 0 Å². The summed E-state index contributed by atoms with van der Waals surface area (Å²) in [6, 6.07) is 12.5. The van der Waals surface area contributed by atoms with Crippen molar-refractivity contribution in [1.29, 1.82) is 0 Å². The minimum atomic E-state index is -1.78. The minimum Gasteiger partial charge on any atom is -0.550 e. The molecule has 0 amide bonds. The zero-order valence-electron chi connectivity index (χ0n) is 18.9. The van der Waals surface area contributed by atoms with Crippen LogP contribution in [0.2, 0.25) is 18.1 Å². The zero-order chi connectivity index (χ0) is 22.2. The Bertz CT molecular complexity index is 837. The number of allylic oxidation sites excluding steroid dienone is 1. The van der Waals surface area contributed by atoms with Gasteiger partial charge in [-0.3, -0.25) is 4.98 Å². The molecule has 0 radical (unpaired) electrons. The highest BCUT2D eigenvalue weighted by Gasteiger charge is 2.36. The normalized spacial score (nSPS) is 12.8. The number of hydrogen-bond donors (Lipinski definition) is 0. The first-order valence-electron chi connectivity index (χ1n) is 10.6. The Labute approximate surface area is 182 Å². The van der Waals surface area contributed by atoms with Crippen LogP contribution in [0.4, 0.5) is 0 Å². The number of aromatic nitrogens is 1. The number of carbonyl (C=O) groups is 1. The molecule has 1 aromatic carbocycles. The predicted molar refractivity (Wildman–Crippen MR) is 123 cm³/mol. The van der Waals surface area contributed by atoms with Crippen LogP contribution in [0.5, 0.6) is 0 Å². The van der Waals surface area contributed by atoms with Gasteiger partial charge in [-0.05, 0) is 66.6 Å². The van der Waals surface area contributed by atoms with Crippen LogP contribution in [0.1, 0.15) is 63.1 Å². The van der Waals surface area contributed by atoms with Crippen LogP contribution in [0.3, 0.4) is 0 Å². The average molecular weight is 425 g/mol. The number of aliphatic carboxylic acids is 1. The van der Waals surface area contributed by atoms with Crippen molar-refractivity contribution in [1.82, 2.24) is 4.98 Å². The maximum Gasteiger partial charge on any atom is 0.192 e. The summed E-state index contributed by atoms with van der Waals surface area (Å²) in [4.78, 5) is 14.9. The van der Waals surface area contributed by atoms with E-state index in [4.69, 9.17) is 4.43 Å². The molecule has 0 spiro atoms. The van der Waals surface area contributed by atoms with Crippen LogP contribution in [0.15, 0.2) is 54.9 Å². The highest BCUT2D eigenvalue weighted by Crippen LogP contribution is 2.37. The van der Waals surface area contributed by atoms with Gasteiger partial charge in [0.25, 0.3) is 0 Å². The maximum atomic E-state index is 10.6. The Hall–Kier alpha value is -2.24. The van der Waals surface area contributed by atoms with Gasteiger partial charge < -0.3 is 14.3 Å². The number of pyridine rings is 1. The van der Waals surface area contributed by atoms with Gasteiger partial charge in [-0.1, -0.05) is 57.2 Å². The lowest BCUT2D eigenvalue weighted by molar-refractivity contribution is -0.305. The Morgan fingerprint density at radius 1 is 1.10 bits per heavy atom. The minimum absolute atomic E-state index is 0.110. The molecular weight excluding hydrogens is 390 g/mol. The lowest BCUT2D eigenvalue weighted by Crippen LogP contribution is -2.40. The van der Waals surface area contributed by atoms with Crippen molar-refractivity contribution in [2.24, 2.45) is 0 Å². The lowest BCUT2D eigenvalue weighted by Gasteiger charge is -2.36. The largest absolute Gasteiger partial charge is 0.550 e. The van der Waals surface area contributed by atoms with Crippen LogP contribution < -0.4 is 5.11 Å². The van der Waals surface area contributed by atoms with E-state index in [2.05, 4.69) is 75.3 Å². The van der Waals surface area contributed by atoms with Gasteiger partial charge in [0.05, 0.1) is 6.61 Å². The van der Waals surface area contributed by atoms with Crippen molar-refractivity contribution in [3.63, 3.8) is 0 Å². The standard InChI is InChI=1S/C25H35NO3Si/c1-25(2,3)30(4,5)29-19-20-13-15-21(16-14-20)23(22-10-9-17-26-18-22)11-7-6-8-12-24(27)28/h9-11,13-18H,6-8,12,19H2,1-5H3,(H,27,28)/p-1/b23-11-. The summed E-state index contributed by atoms with van der Waals surface area (Å²) < 4.78 is 6.34. The number of hydrogen-bond acceptors (Lipinski definition) is 4. The third-order valence-corrected chi connectivity index (χ3v) is 10.3. The second kappa shape index (κ2) is 10.7. The average Bonchev–Trinajstić information content (AvgIpc) is 2.69. The van der Waals surface area contributed by atoms with E-state index in [1.165, 1.54) is 5.56 Å². The van der Waals surface area contributed by atoms with Gasteiger partial charge in [0, 0.05) is 23.9 Å². The number of carboxylic acid groups (broad SMARTS) is 1. The molecule has 0 saturated heterocycles. The molecule has 0 bridgehead atoms. The molecule has 0 aliphatic carbocycles. The molecule has 2 aromatic rings. The summed E-state index contributed by atoms with van der Waals surface area (Å²) in [5, 5.41) is 10.8. The van der Waals surface area contributed by atoms with Crippen LogP contribution in [-0.4, -0.2) is 19.3 Å². The molecule has 5 heteroatoms. The first kappa shape index (κ1) is 24.0. The van der Waals surface area contributed by atoms with Gasteiger partial charge in [-0.25, -0.2) is 0 Å². The number of rotatable bonds is 10. The second-order valence-corrected chi connectivity index (χ2v) is 14.0. The van der Waals surface area contributed by atoms with Crippen molar-refractivity contribution >= 4 is 19.9 Å². The van der Waals surface area contributed by atoms with Crippen molar-refractivity contribution < 1.29 is 14.3 Å². The molecule has 0 N–H and O–H groups in total. The summed E-state index contributed by atoms with van der Waals surface area (Å²) in [6.45, 7) is 11.9. The summed E-state index contributed by atoms with van der Waals surface area (Å²) in [5.41, 5.74) is 4.47. The van der Waals surface area contributed by atoms with E-state index in [-0.39, 0.29) is 11.5 Å². The van der Waals surface area contributed by atoms with Gasteiger partial charge in [-0.15, -0.1) is 0 Å². The molecular formula is C25H34NO3Si-. The van der Waals surface area contributed by atoms with Crippen molar-refractivity contribution in [3.05, 3.63) is 71.6 Å². The molecule has 0 aliphatic rings. The molecule has 162 valence electrons. The van der Waals surface area contributed by atoms with Gasteiger partial charge in [0.2, 0.25) is 0 Å². The molecule has 0 saturated carbocycles. The lowest BCUT2D eigenvalue weighted by atomic mass is 9.96. The quantitative estimate of drug-likeness (QED) is 0.381. The molecule has 0 fully saturated rings. The van der Waals surface area contributed by atoms with E-state index in [0.29, 0.717) is 13.0 Å². The van der Waals surface area contributed by atoms with Gasteiger partial charge in [-0.2, -0.15) is 0 Å². The zero-order valence-corrected chi connectivity index (χ0v) is 19.9. The van der Waals surface area contributed by atoms with Crippen molar-refractivity contribution in [2.75, 3.05) is 0 Å². The molecule has 0 aliphatic heterocycles. The van der Waals surface area contributed by atoms with Crippen molar-refractivity contribution in [3.8, 4) is 0 Å². The van der Waals surface area contributed by atoms with Gasteiger partial charge in [0.1, 0.15) is 0 Å². The highest BCUT2D eigenvalue weighted by atomic mass is 28.4. The molecule has 1 aromatic heterocycles. The first-order valence-corrected chi connectivity index (χ1v) is 13.5. The van der Waals surface area contributed by atoms with Crippen LogP contribution in [0.25, 0.3) is 5.57 Å². The Balaban J connectivity index is 2.12. The fraction of sp³-hybridized carbons (Fsp3) is 0.440. The van der Waals surface area contributed by atoms with E-state index >= 15 is 0 Å². The van der Waals surface area contributed by atoms with E-state index < -0.39 is 14.3 Å². The fourth-order valence-corrected chi connectivity index (χ4v) is 3.81. The molecule has 1 heterocycles. The monoisotopic (exact) mass is 424 g/mol. The number of carbonyl (C=O) groups excluding carboxylic acids is 1. The van der Waals surface area contributed by atoms with Gasteiger partial charge >= 0.3 is 0 Å². The van der Waals surface area contributed by atoms with Gasteiger partial charge in [0.15, 0.2) is 8.32 Å². The van der Waals surface area contributed by atoms with Crippen LogP contribution in [0, 0.1) is 0 Å². The van der Waals surface area contributed by atoms with E-state index in [1.807, 2.05) is 12.3 Å². The van der Waals surface area contributed by atoms with E-state index in [0.717, 1.165) is 29.5 Å².